The first kappa shape index (κ1) is 19.6. The molecule has 1 N–H and O–H groups in total. The van der Waals surface area contributed by atoms with Crippen LogP contribution >= 0.6 is 12.4 Å². The first-order chi connectivity index (χ1) is 12.7. The van der Waals surface area contributed by atoms with Gasteiger partial charge in [-0.25, -0.2) is 0 Å². The molecular formula is C21H26ClN3O2. The quantitative estimate of drug-likeness (QED) is 0.802. The van der Waals surface area contributed by atoms with Gasteiger partial charge in [-0.1, -0.05) is 24.3 Å². The lowest BCUT2D eigenvalue weighted by molar-refractivity contribution is 0.0944. The van der Waals surface area contributed by atoms with Gasteiger partial charge >= 0.3 is 0 Å². The maximum Gasteiger partial charge on any atom is 0.251 e. The molecule has 144 valence electrons. The molecule has 0 saturated carbocycles. The van der Waals surface area contributed by atoms with Crippen LogP contribution in [0.25, 0.3) is 0 Å². The number of hydrogen-bond acceptors (Lipinski definition) is 3. The van der Waals surface area contributed by atoms with Crippen molar-refractivity contribution in [1.29, 1.82) is 0 Å². The van der Waals surface area contributed by atoms with E-state index in [-0.39, 0.29) is 23.9 Å². The number of pyridine rings is 1. The highest BCUT2D eigenvalue weighted by Gasteiger charge is 2.34. The number of hydrogen-bond donors (Lipinski definition) is 1. The van der Waals surface area contributed by atoms with Gasteiger partial charge in [0.05, 0.1) is 0 Å². The Balaban J connectivity index is 0.00000210. The van der Waals surface area contributed by atoms with Crippen molar-refractivity contribution in [2.75, 3.05) is 26.2 Å². The molecule has 5 nitrogen and oxygen atoms in total. The van der Waals surface area contributed by atoms with Crippen molar-refractivity contribution in [3.8, 4) is 0 Å². The Morgan fingerprint density at radius 1 is 1.04 bits per heavy atom. The molecule has 0 spiro atoms. The minimum Gasteiger partial charge on any atom is -0.352 e. The molecular weight excluding hydrogens is 362 g/mol. The van der Waals surface area contributed by atoms with E-state index in [0.29, 0.717) is 23.9 Å². The molecule has 1 amide bonds. The summed E-state index contributed by atoms with van der Waals surface area (Å²) in [7, 11) is 0. The van der Waals surface area contributed by atoms with Crippen LogP contribution in [0.1, 0.15) is 34.8 Å². The first-order valence-corrected chi connectivity index (χ1v) is 9.46. The van der Waals surface area contributed by atoms with Crippen LogP contribution in [-0.4, -0.2) is 41.6 Å². The van der Waals surface area contributed by atoms with Crippen LogP contribution in [0.3, 0.4) is 0 Å². The van der Waals surface area contributed by atoms with E-state index in [0.717, 1.165) is 32.6 Å². The lowest BCUT2D eigenvalue weighted by Crippen LogP contribution is -2.47. The summed E-state index contributed by atoms with van der Waals surface area (Å²) in [6.45, 7) is 4.57. The van der Waals surface area contributed by atoms with Gasteiger partial charge in [-0.05, 0) is 43.5 Å². The molecule has 2 aliphatic heterocycles. The fourth-order valence-electron chi connectivity index (χ4n) is 4.37. The number of amides is 1. The summed E-state index contributed by atoms with van der Waals surface area (Å²) in [5.41, 5.74) is 2.03. The largest absolute Gasteiger partial charge is 0.352 e. The maximum absolute atomic E-state index is 12.1. The monoisotopic (exact) mass is 387 g/mol. The fraction of sp³-hybridized carbons (Fsp3) is 0.429. The number of nitrogens with one attached hydrogen (secondary N) is 1. The van der Waals surface area contributed by atoms with Crippen molar-refractivity contribution < 1.29 is 4.79 Å². The number of carbonyl (C=O) groups is 1. The Morgan fingerprint density at radius 2 is 1.85 bits per heavy atom. The van der Waals surface area contributed by atoms with Gasteiger partial charge in [0.1, 0.15) is 0 Å². The molecule has 2 aliphatic rings. The minimum atomic E-state index is -0.00517. The zero-order valence-corrected chi connectivity index (χ0v) is 16.2. The summed E-state index contributed by atoms with van der Waals surface area (Å²) in [6, 6.07) is 15.0. The summed E-state index contributed by atoms with van der Waals surface area (Å²) < 4.78 is 1.97. The van der Waals surface area contributed by atoms with Gasteiger partial charge in [0.2, 0.25) is 0 Å². The van der Waals surface area contributed by atoms with Crippen LogP contribution in [0.5, 0.6) is 0 Å². The number of likely N-dealkylation sites (tertiary alicyclic amines) is 1. The lowest BCUT2D eigenvalue weighted by atomic mass is 9.83. The molecule has 4 rings (SSSR count). The molecule has 2 bridgehead atoms. The van der Waals surface area contributed by atoms with E-state index in [9.17, 15) is 9.59 Å². The van der Waals surface area contributed by atoms with Crippen molar-refractivity contribution in [2.45, 2.75) is 25.3 Å². The molecule has 1 aromatic heterocycles. The van der Waals surface area contributed by atoms with Crippen LogP contribution in [-0.2, 0) is 6.54 Å². The summed E-state index contributed by atoms with van der Waals surface area (Å²) in [5, 5.41) is 3.00. The van der Waals surface area contributed by atoms with Gasteiger partial charge in [0.15, 0.2) is 0 Å². The fourth-order valence-corrected chi connectivity index (χ4v) is 4.37. The zero-order chi connectivity index (χ0) is 17.9. The van der Waals surface area contributed by atoms with Crippen molar-refractivity contribution in [3.05, 3.63) is 70.1 Å². The molecule has 0 aliphatic carbocycles. The minimum absolute atomic E-state index is 0. The molecule has 27 heavy (non-hydrogen) atoms. The highest BCUT2D eigenvalue weighted by atomic mass is 35.5. The van der Waals surface area contributed by atoms with E-state index in [1.807, 2.05) is 41.0 Å². The second kappa shape index (κ2) is 8.72. The summed E-state index contributed by atoms with van der Waals surface area (Å²) in [4.78, 5) is 26.6. The summed E-state index contributed by atoms with van der Waals surface area (Å²) in [5.74, 6) is 1.00. The van der Waals surface area contributed by atoms with E-state index >= 15 is 0 Å². The second-order valence-corrected chi connectivity index (χ2v) is 7.43. The van der Waals surface area contributed by atoms with E-state index in [4.69, 9.17) is 0 Å². The molecule has 0 radical (unpaired) electrons. The smallest absolute Gasteiger partial charge is 0.251 e. The number of carbonyl (C=O) groups excluding carboxylic acids is 1. The molecule has 3 heterocycles. The Morgan fingerprint density at radius 3 is 2.67 bits per heavy atom. The number of piperidine rings is 1. The highest BCUT2D eigenvalue weighted by molar-refractivity contribution is 5.94. The molecule has 2 unspecified atom stereocenters. The third-order valence-corrected chi connectivity index (χ3v) is 5.53. The topological polar surface area (TPSA) is 54.3 Å². The Hall–Kier alpha value is -2.11. The average molecular weight is 388 g/mol. The second-order valence-electron chi connectivity index (χ2n) is 7.43. The summed E-state index contributed by atoms with van der Waals surface area (Å²) >= 11 is 0. The molecule has 2 atom stereocenters. The van der Waals surface area contributed by atoms with Crippen molar-refractivity contribution in [2.24, 2.45) is 5.92 Å². The van der Waals surface area contributed by atoms with Gasteiger partial charge in [-0.2, -0.15) is 0 Å². The van der Waals surface area contributed by atoms with Gasteiger partial charge < -0.3 is 14.8 Å². The zero-order valence-electron chi connectivity index (χ0n) is 15.3. The third-order valence-electron chi connectivity index (χ3n) is 5.53. The third kappa shape index (κ3) is 4.42. The standard InChI is InChI=1S/C21H25N3O2.ClH/c25-20-9-4-8-19-18-12-16(14-24(19)20)13-23(15-18)11-5-10-22-21(26)17-6-2-1-3-7-17;/h1-4,6-9,16,18H,5,10-15H2,(H,22,26);1H. The average Bonchev–Trinajstić information content (AvgIpc) is 2.67. The lowest BCUT2D eigenvalue weighted by Gasteiger charge is -2.42. The Labute approximate surface area is 165 Å². The molecule has 1 aromatic carbocycles. The number of rotatable bonds is 5. The Kier molecular flexibility index (Phi) is 6.34. The number of aromatic nitrogens is 1. The van der Waals surface area contributed by atoms with Crippen molar-refractivity contribution in [3.63, 3.8) is 0 Å². The van der Waals surface area contributed by atoms with E-state index in [1.165, 1.54) is 12.1 Å². The van der Waals surface area contributed by atoms with Crippen LogP contribution in [0.4, 0.5) is 0 Å². The van der Waals surface area contributed by atoms with Crippen LogP contribution in [0.2, 0.25) is 0 Å². The number of nitrogens with zero attached hydrogens (tertiary/aromatic N) is 2. The van der Waals surface area contributed by atoms with Gasteiger partial charge in [0.25, 0.3) is 11.5 Å². The Bertz CT molecular complexity index is 837. The van der Waals surface area contributed by atoms with E-state index in [2.05, 4.69) is 16.3 Å². The van der Waals surface area contributed by atoms with E-state index < -0.39 is 0 Å². The normalized spacial score (nSPS) is 21.0. The molecule has 1 fully saturated rings. The van der Waals surface area contributed by atoms with Crippen LogP contribution in [0.15, 0.2) is 53.3 Å². The van der Waals surface area contributed by atoms with E-state index in [1.54, 1.807) is 6.07 Å². The number of fused-ring (bicyclic) bond motifs is 4. The van der Waals surface area contributed by atoms with Gasteiger partial charge in [-0.3, -0.25) is 9.59 Å². The molecule has 2 aromatic rings. The number of benzene rings is 1. The SMILES string of the molecule is Cl.O=C(NCCCN1CC2CC(C1)c1cccc(=O)n1C2)c1ccccc1. The van der Waals surface area contributed by atoms with Crippen molar-refractivity contribution >= 4 is 18.3 Å². The first-order valence-electron chi connectivity index (χ1n) is 9.46. The molecule has 1 saturated heterocycles. The summed E-state index contributed by atoms with van der Waals surface area (Å²) in [6.07, 6.45) is 2.13. The van der Waals surface area contributed by atoms with Crippen molar-refractivity contribution in [1.82, 2.24) is 14.8 Å². The highest BCUT2D eigenvalue weighted by Crippen LogP contribution is 2.34. The maximum atomic E-state index is 12.1. The molecule has 6 heteroatoms. The number of halogens is 1. The van der Waals surface area contributed by atoms with Crippen LogP contribution in [0, 0.1) is 5.92 Å². The predicted molar refractivity (Wildman–Crippen MR) is 109 cm³/mol. The predicted octanol–water partition coefficient (Wildman–Crippen LogP) is 2.51. The van der Waals surface area contributed by atoms with Crippen LogP contribution < -0.4 is 10.9 Å². The van der Waals surface area contributed by atoms with Gasteiger partial charge in [-0.15, -0.1) is 12.4 Å². The van der Waals surface area contributed by atoms with Gasteiger partial charge in [0, 0.05) is 49.4 Å².